The van der Waals surface area contributed by atoms with Crippen molar-refractivity contribution in [1.29, 1.82) is 0 Å². The van der Waals surface area contributed by atoms with Crippen LogP contribution >= 0.6 is 11.6 Å². The van der Waals surface area contributed by atoms with Crippen LogP contribution in [0.3, 0.4) is 0 Å². The van der Waals surface area contributed by atoms with Crippen molar-refractivity contribution in [1.82, 2.24) is 15.1 Å². The summed E-state index contributed by atoms with van der Waals surface area (Å²) >= 11 is 6.23. The third kappa shape index (κ3) is 4.05. The number of likely N-dealkylation sites (tertiary alicyclic amines) is 1. The Morgan fingerprint density at radius 2 is 2.10 bits per heavy atom. The van der Waals surface area contributed by atoms with Gasteiger partial charge in [0.05, 0.1) is 24.5 Å². The van der Waals surface area contributed by atoms with Crippen LogP contribution in [0.4, 0.5) is 0 Å². The number of nitrogens with zero attached hydrogens (tertiary/aromatic N) is 3. The number of hydrogen-bond donors (Lipinski definition) is 0. The Kier molecular flexibility index (Phi) is 6.02. The van der Waals surface area contributed by atoms with Crippen molar-refractivity contribution in [3.05, 3.63) is 40.6 Å². The summed E-state index contributed by atoms with van der Waals surface area (Å²) in [6.45, 7) is 6.72. The maximum Gasteiger partial charge on any atom is 0.227 e. The molecule has 1 aromatic heterocycles. The number of amides is 1. The van der Waals surface area contributed by atoms with Crippen LogP contribution in [0.5, 0.6) is 5.75 Å². The summed E-state index contributed by atoms with van der Waals surface area (Å²) in [6.07, 6.45) is 2.06. The molecule has 1 unspecified atom stereocenters. The Balaban J connectivity index is 1.54. The summed E-state index contributed by atoms with van der Waals surface area (Å²) in [5.41, 5.74) is 0.793. The molecule has 2 aromatic rings. The summed E-state index contributed by atoms with van der Waals surface area (Å²) in [4.78, 5) is 15.1. The number of ether oxygens (including phenoxy) is 2. The Bertz CT molecular complexity index is 908. The third-order valence-electron chi connectivity index (χ3n) is 6.31. The van der Waals surface area contributed by atoms with Gasteiger partial charge < -0.3 is 18.8 Å². The zero-order valence-corrected chi connectivity index (χ0v) is 18.4. The number of halogens is 1. The van der Waals surface area contributed by atoms with E-state index in [1.165, 1.54) is 0 Å². The first-order chi connectivity index (χ1) is 14.4. The van der Waals surface area contributed by atoms with Gasteiger partial charge in [0.15, 0.2) is 0 Å². The molecule has 4 rings (SSSR count). The van der Waals surface area contributed by atoms with Gasteiger partial charge >= 0.3 is 0 Å². The second-order valence-electron chi connectivity index (χ2n) is 8.58. The van der Waals surface area contributed by atoms with E-state index in [1.807, 2.05) is 24.8 Å². The largest absolute Gasteiger partial charge is 0.495 e. The summed E-state index contributed by atoms with van der Waals surface area (Å²) < 4.78 is 16.8. The molecule has 1 atom stereocenters. The molecular weight excluding hydrogens is 406 g/mol. The monoisotopic (exact) mass is 433 g/mol. The molecule has 0 bridgehead atoms. The van der Waals surface area contributed by atoms with Crippen LogP contribution in [0.2, 0.25) is 5.02 Å². The molecule has 162 valence electrons. The minimum absolute atomic E-state index is 0.0322. The number of benzene rings is 1. The van der Waals surface area contributed by atoms with Crippen molar-refractivity contribution in [2.75, 3.05) is 33.4 Å². The van der Waals surface area contributed by atoms with Crippen LogP contribution < -0.4 is 4.74 Å². The molecule has 7 nitrogen and oxygen atoms in total. The lowest BCUT2D eigenvalue weighted by molar-refractivity contribution is -0.130. The highest BCUT2D eigenvalue weighted by atomic mass is 35.5. The first-order valence-electron chi connectivity index (χ1n) is 10.4. The van der Waals surface area contributed by atoms with Gasteiger partial charge in [-0.05, 0) is 30.5 Å². The minimum atomic E-state index is -0.0771. The fourth-order valence-electron chi connectivity index (χ4n) is 4.51. The highest BCUT2D eigenvalue weighted by Gasteiger charge is 2.51. The standard InChI is InChI=1S/C22H28ClN3O4/c1-14(2)20-24-25-21(30-20)16-12-26(13-22(16)6-8-29-9-7-22)19(27)11-15-4-5-18(28-3)17(23)10-15/h4-5,10,14,16H,6-9,11-13H2,1-3H3. The smallest absolute Gasteiger partial charge is 0.227 e. The van der Waals surface area contributed by atoms with Gasteiger partial charge in [-0.1, -0.05) is 31.5 Å². The first-order valence-corrected chi connectivity index (χ1v) is 10.8. The average molecular weight is 434 g/mol. The van der Waals surface area contributed by atoms with E-state index >= 15 is 0 Å². The zero-order chi connectivity index (χ0) is 21.3. The van der Waals surface area contributed by atoms with Crippen LogP contribution in [0.25, 0.3) is 0 Å². The van der Waals surface area contributed by atoms with Crippen LogP contribution in [-0.2, 0) is 16.0 Å². The number of carbonyl (C=O) groups is 1. The van der Waals surface area contributed by atoms with E-state index in [-0.39, 0.29) is 23.2 Å². The highest BCUT2D eigenvalue weighted by Crippen LogP contribution is 2.49. The third-order valence-corrected chi connectivity index (χ3v) is 6.60. The molecule has 0 saturated carbocycles. The van der Waals surface area contributed by atoms with E-state index in [4.69, 9.17) is 25.5 Å². The Morgan fingerprint density at radius 1 is 1.33 bits per heavy atom. The van der Waals surface area contributed by atoms with E-state index in [0.29, 0.717) is 55.3 Å². The SMILES string of the molecule is COc1ccc(CC(=O)N2CC(c3nnc(C(C)C)o3)C3(CCOCC3)C2)cc1Cl. The van der Waals surface area contributed by atoms with Crippen molar-refractivity contribution in [2.45, 2.75) is 44.9 Å². The molecule has 0 aliphatic carbocycles. The Hall–Kier alpha value is -2.12. The molecule has 2 aliphatic heterocycles. The molecule has 8 heteroatoms. The van der Waals surface area contributed by atoms with Gasteiger partial charge in [0.25, 0.3) is 0 Å². The number of hydrogen-bond acceptors (Lipinski definition) is 6. The second kappa shape index (κ2) is 8.55. The van der Waals surface area contributed by atoms with Gasteiger partial charge in [-0.3, -0.25) is 4.79 Å². The predicted molar refractivity (Wildman–Crippen MR) is 112 cm³/mol. The van der Waals surface area contributed by atoms with E-state index in [0.717, 1.165) is 18.4 Å². The molecule has 2 fully saturated rings. The van der Waals surface area contributed by atoms with Crippen LogP contribution in [0.1, 0.15) is 55.9 Å². The molecule has 30 heavy (non-hydrogen) atoms. The van der Waals surface area contributed by atoms with E-state index < -0.39 is 0 Å². The van der Waals surface area contributed by atoms with E-state index in [9.17, 15) is 4.79 Å². The molecule has 0 radical (unpaired) electrons. The quantitative estimate of drug-likeness (QED) is 0.713. The van der Waals surface area contributed by atoms with Crippen molar-refractivity contribution >= 4 is 17.5 Å². The van der Waals surface area contributed by atoms with Gasteiger partial charge in [0.2, 0.25) is 17.7 Å². The molecule has 1 spiro atoms. The summed E-state index contributed by atoms with van der Waals surface area (Å²) in [6, 6.07) is 5.47. The normalized spacial score (nSPS) is 20.8. The average Bonchev–Trinajstić information content (AvgIpc) is 3.34. The van der Waals surface area contributed by atoms with Gasteiger partial charge in [-0.2, -0.15) is 0 Å². The van der Waals surface area contributed by atoms with Gasteiger partial charge in [0.1, 0.15) is 5.75 Å². The lowest BCUT2D eigenvalue weighted by Crippen LogP contribution is -2.37. The molecular formula is C22H28ClN3O4. The van der Waals surface area contributed by atoms with Crippen molar-refractivity contribution < 1.29 is 18.7 Å². The Labute approximate surface area is 181 Å². The summed E-state index contributed by atoms with van der Waals surface area (Å²) in [5, 5.41) is 9.08. The molecule has 2 aliphatic rings. The lowest BCUT2D eigenvalue weighted by Gasteiger charge is -2.36. The van der Waals surface area contributed by atoms with Crippen molar-refractivity contribution in [3.63, 3.8) is 0 Å². The van der Waals surface area contributed by atoms with Crippen molar-refractivity contribution in [3.8, 4) is 5.75 Å². The maximum absolute atomic E-state index is 13.2. The number of aromatic nitrogens is 2. The highest BCUT2D eigenvalue weighted by molar-refractivity contribution is 6.32. The van der Waals surface area contributed by atoms with E-state index in [1.54, 1.807) is 19.2 Å². The fourth-order valence-corrected chi connectivity index (χ4v) is 4.79. The summed E-state index contributed by atoms with van der Waals surface area (Å²) in [7, 11) is 1.58. The zero-order valence-electron chi connectivity index (χ0n) is 17.7. The maximum atomic E-state index is 13.2. The fraction of sp³-hybridized carbons (Fsp3) is 0.591. The van der Waals surface area contributed by atoms with Gasteiger partial charge in [-0.15, -0.1) is 10.2 Å². The van der Waals surface area contributed by atoms with E-state index in [2.05, 4.69) is 10.2 Å². The number of rotatable bonds is 5. The topological polar surface area (TPSA) is 77.7 Å². The van der Waals surface area contributed by atoms with Crippen LogP contribution in [0, 0.1) is 5.41 Å². The van der Waals surface area contributed by atoms with Crippen molar-refractivity contribution in [2.24, 2.45) is 5.41 Å². The Morgan fingerprint density at radius 3 is 2.73 bits per heavy atom. The molecule has 1 amide bonds. The van der Waals surface area contributed by atoms with Gasteiger partial charge in [-0.25, -0.2) is 0 Å². The molecule has 1 aromatic carbocycles. The van der Waals surface area contributed by atoms with Gasteiger partial charge in [0, 0.05) is 37.6 Å². The second-order valence-corrected chi connectivity index (χ2v) is 8.99. The molecule has 0 N–H and O–H groups in total. The first kappa shape index (κ1) is 21.1. The minimum Gasteiger partial charge on any atom is -0.495 e. The molecule has 3 heterocycles. The molecule has 2 saturated heterocycles. The number of carbonyl (C=O) groups excluding carboxylic acids is 1. The number of methoxy groups -OCH3 is 1. The van der Waals surface area contributed by atoms with Crippen LogP contribution in [-0.4, -0.2) is 54.4 Å². The summed E-state index contributed by atoms with van der Waals surface area (Å²) in [5.74, 6) is 2.18. The van der Waals surface area contributed by atoms with Crippen LogP contribution in [0.15, 0.2) is 22.6 Å². The lowest BCUT2D eigenvalue weighted by atomic mass is 9.72. The predicted octanol–water partition coefficient (Wildman–Crippen LogP) is 3.82.